The molecule has 2 aromatic heterocycles. The third kappa shape index (κ3) is 2.42. The molecule has 2 heterocycles. The highest BCUT2D eigenvalue weighted by atomic mass is 15.2. The minimum atomic E-state index is -0.0949. The average molecular weight is 462 g/mol. The molecule has 0 spiro atoms. The van der Waals surface area contributed by atoms with Crippen molar-refractivity contribution in [3.8, 4) is 17.1 Å². The lowest BCUT2D eigenvalue weighted by atomic mass is 9.79. The number of hydrogen-bond acceptors (Lipinski definition) is 2. The van der Waals surface area contributed by atoms with E-state index < -0.39 is 0 Å². The molecule has 7 aromatic rings. The van der Waals surface area contributed by atoms with Gasteiger partial charge in [-0.15, -0.1) is 0 Å². The van der Waals surface area contributed by atoms with E-state index in [-0.39, 0.29) is 5.41 Å². The second kappa shape index (κ2) is 6.79. The van der Waals surface area contributed by atoms with Crippen LogP contribution in [0.2, 0.25) is 0 Å². The van der Waals surface area contributed by atoms with Gasteiger partial charge in [0, 0.05) is 27.8 Å². The van der Waals surface area contributed by atoms with Gasteiger partial charge in [0.2, 0.25) is 5.95 Å². The van der Waals surface area contributed by atoms with Gasteiger partial charge in [0.05, 0.1) is 16.6 Å². The normalized spacial score (nSPS) is 14.1. The number of fused-ring (bicyclic) bond motifs is 10. The Morgan fingerprint density at radius 3 is 2.36 bits per heavy atom. The monoisotopic (exact) mass is 461 g/mol. The number of hydrogen-bond donors (Lipinski definition) is 0. The first-order valence-electron chi connectivity index (χ1n) is 12.4. The molecule has 36 heavy (non-hydrogen) atoms. The van der Waals surface area contributed by atoms with E-state index in [1.165, 1.54) is 43.8 Å². The molecule has 0 bridgehead atoms. The van der Waals surface area contributed by atoms with E-state index in [2.05, 4.69) is 103 Å². The van der Waals surface area contributed by atoms with Crippen molar-refractivity contribution in [3.05, 3.63) is 114 Å². The molecule has 1 aliphatic carbocycles. The molecule has 0 unspecified atom stereocenters. The summed E-state index contributed by atoms with van der Waals surface area (Å²) in [4.78, 5) is 9.80. The van der Waals surface area contributed by atoms with Gasteiger partial charge >= 0.3 is 0 Å². The number of rotatable bonds is 1. The molecule has 3 heteroatoms. The van der Waals surface area contributed by atoms with Crippen LogP contribution in [-0.4, -0.2) is 14.5 Å². The minimum Gasteiger partial charge on any atom is -0.278 e. The Hall–Kier alpha value is -4.50. The standard InChI is InChI=1S/C33H23N3/c1-33(2)25-12-6-4-10-22(25)23-17-15-20-16-18-28-30(29(20)31(23)33)24-11-5-8-14-27(24)36(28)32-34-19-21-9-3-7-13-26(21)35-32/h3-19H,1-2H3. The van der Waals surface area contributed by atoms with Gasteiger partial charge in [0.15, 0.2) is 0 Å². The zero-order chi connectivity index (χ0) is 24.0. The Balaban J connectivity index is 1.56. The summed E-state index contributed by atoms with van der Waals surface area (Å²) in [6.07, 6.45) is 1.93. The smallest absolute Gasteiger partial charge is 0.235 e. The van der Waals surface area contributed by atoms with Gasteiger partial charge in [0.25, 0.3) is 0 Å². The predicted octanol–water partition coefficient (Wildman–Crippen LogP) is 8.19. The van der Waals surface area contributed by atoms with E-state index in [1.54, 1.807) is 0 Å². The van der Waals surface area contributed by atoms with Gasteiger partial charge in [-0.3, -0.25) is 4.57 Å². The van der Waals surface area contributed by atoms with E-state index in [1.807, 2.05) is 18.3 Å². The molecule has 0 amide bonds. The van der Waals surface area contributed by atoms with Crippen molar-refractivity contribution < 1.29 is 0 Å². The quantitative estimate of drug-likeness (QED) is 0.247. The summed E-state index contributed by atoms with van der Waals surface area (Å²) >= 11 is 0. The van der Waals surface area contributed by atoms with Gasteiger partial charge in [0.1, 0.15) is 0 Å². The Morgan fingerprint density at radius 2 is 1.42 bits per heavy atom. The maximum Gasteiger partial charge on any atom is 0.235 e. The van der Waals surface area contributed by atoms with Crippen molar-refractivity contribution in [2.24, 2.45) is 0 Å². The fraction of sp³-hybridized carbons (Fsp3) is 0.0909. The fourth-order valence-corrected chi connectivity index (χ4v) is 6.43. The molecule has 1 aliphatic rings. The second-order valence-corrected chi connectivity index (χ2v) is 10.3. The summed E-state index contributed by atoms with van der Waals surface area (Å²) in [6, 6.07) is 34.8. The molecule has 0 atom stereocenters. The molecular weight excluding hydrogens is 438 g/mol. The Kier molecular flexibility index (Phi) is 3.73. The molecule has 8 rings (SSSR count). The molecular formula is C33H23N3. The van der Waals surface area contributed by atoms with Crippen LogP contribution in [0.4, 0.5) is 0 Å². The van der Waals surface area contributed by atoms with Crippen molar-refractivity contribution in [2.45, 2.75) is 19.3 Å². The number of benzene rings is 5. The van der Waals surface area contributed by atoms with Crippen LogP contribution in [0.25, 0.3) is 60.6 Å². The van der Waals surface area contributed by atoms with Gasteiger partial charge in [-0.25, -0.2) is 9.97 Å². The van der Waals surface area contributed by atoms with Crippen LogP contribution in [0.1, 0.15) is 25.0 Å². The highest BCUT2D eigenvalue weighted by molar-refractivity contribution is 6.23. The molecule has 3 nitrogen and oxygen atoms in total. The molecule has 5 aromatic carbocycles. The topological polar surface area (TPSA) is 30.7 Å². The van der Waals surface area contributed by atoms with Crippen molar-refractivity contribution >= 4 is 43.5 Å². The maximum atomic E-state index is 4.98. The van der Waals surface area contributed by atoms with E-state index in [0.717, 1.165) is 21.9 Å². The van der Waals surface area contributed by atoms with E-state index >= 15 is 0 Å². The van der Waals surface area contributed by atoms with Crippen molar-refractivity contribution in [1.82, 2.24) is 14.5 Å². The summed E-state index contributed by atoms with van der Waals surface area (Å²) in [5.41, 5.74) is 8.61. The number of aromatic nitrogens is 3. The Labute approximate surface area is 208 Å². The third-order valence-electron chi connectivity index (χ3n) is 8.01. The lowest BCUT2D eigenvalue weighted by Gasteiger charge is -2.23. The second-order valence-electron chi connectivity index (χ2n) is 10.3. The van der Waals surface area contributed by atoms with Crippen LogP contribution in [0, 0.1) is 0 Å². The van der Waals surface area contributed by atoms with Gasteiger partial charge in [-0.1, -0.05) is 92.7 Å². The molecule has 0 fully saturated rings. The molecule has 0 saturated heterocycles. The summed E-state index contributed by atoms with van der Waals surface area (Å²) < 4.78 is 2.23. The van der Waals surface area contributed by atoms with Crippen LogP contribution in [0.3, 0.4) is 0 Å². The maximum absolute atomic E-state index is 4.98. The Bertz CT molecular complexity index is 2030. The average Bonchev–Trinajstić information content (AvgIpc) is 3.38. The first-order valence-corrected chi connectivity index (χ1v) is 12.4. The fourth-order valence-electron chi connectivity index (χ4n) is 6.43. The molecule has 170 valence electrons. The van der Waals surface area contributed by atoms with Crippen LogP contribution in [0.15, 0.2) is 103 Å². The summed E-state index contributed by atoms with van der Waals surface area (Å²) in [5.74, 6) is 0.703. The lowest BCUT2D eigenvalue weighted by Crippen LogP contribution is -2.15. The molecule has 0 aliphatic heterocycles. The zero-order valence-corrected chi connectivity index (χ0v) is 20.2. The van der Waals surface area contributed by atoms with Gasteiger partial charge < -0.3 is 0 Å². The summed E-state index contributed by atoms with van der Waals surface area (Å²) in [6.45, 7) is 4.73. The van der Waals surface area contributed by atoms with Crippen LogP contribution < -0.4 is 0 Å². The van der Waals surface area contributed by atoms with E-state index in [4.69, 9.17) is 9.97 Å². The Morgan fingerprint density at radius 1 is 0.639 bits per heavy atom. The largest absolute Gasteiger partial charge is 0.278 e. The highest BCUT2D eigenvalue weighted by Crippen LogP contribution is 2.53. The van der Waals surface area contributed by atoms with Gasteiger partial charge in [-0.05, 0) is 51.2 Å². The first kappa shape index (κ1) is 19.8. The first-order chi connectivity index (χ1) is 17.6. The zero-order valence-electron chi connectivity index (χ0n) is 20.2. The molecule has 0 saturated carbocycles. The minimum absolute atomic E-state index is 0.0949. The lowest BCUT2D eigenvalue weighted by molar-refractivity contribution is 0.666. The van der Waals surface area contributed by atoms with Crippen molar-refractivity contribution in [2.75, 3.05) is 0 Å². The highest BCUT2D eigenvalue weighted by Gasteiger charge is 2.37. The summed E-state index contributed by atoms with van der Waals surface area (Å²) in [5, 5.41) is 6.16. The molecule has 0 N–H and O–H groups in total. The van der Waals surface area contributed by atoms with E-state index in [9.17, 15) is 0 Å². The number of nitrogens with zero attached hydrogens (tertiary/aromatic N) is 3. The molecule has 0 radical (unpaired) electrons. The SMILES string of the molecule is CC1(C)c2ccccc2-c2ccc3ccc4c(c5ccccc5n4-c4ncc5ccccc5n4)c3c21. The summed E-state index contributed by atoms with van der Waals surface area (Å²) in [7, 11) is 0. The third-order valence-corrected chi connectivity index (χ3v) is 8.01. The van der Waals surface area contributed by atoms with Crippen molar-refractivity contribution in [3.63, 3.8) is 0 Å². The van der Waals surface area contributed by atoms with Crippen LogP contribution >= 0.6 is 0 Å². The number of para-hydroxylation sites is 2. The van der Waals surface area contributed by atoms with Crippen LogP contribution in [0.5, 0.6) is 0 Å². The van der Waals surface area contributed by atoms with Crippen molar-refractivity contribution in [1.29, 1.82) is 0 Å². The predicted molar refractivity (Wildman–Crippen MR) is 149 cm³/mol. The van der Waals surface area contributed by atoms with E-state index in [0.29, 0.717) is 5.95 Å². The van der Waals surface area contributed by atoms with Gasteiger partial charge in [-0.2, -0.15) is 0 Å². The van der Waals surface area contributed by atoms with Crippen LogP contribution in [-0.2, 0) is 5.41 Å².